The summed E-state index contributed by atoms with van der Waals surface area (Å²) >= 11 is 12.5. The zero-order chi connectivity index (χ0) is 13.1. The standard InChI is InChI=1S/C13H8Br2ClNO/c14-9-1-3-11(4-2-9)17-7-8-5-10(16)6-12(15)13(8)18/h1-7,18H. The van der Waals surface area contributed by atoms with E-state index < -0.39 is 0 Å². The zero-order valence-corrected chi connectivity index (χ0v) is 13.0. The van der Waals surface area contributed by atoms with Gasteiger partial charge in [-0.3, -0.25) is 4.99 Å². The predicted octanol–water partition coefficient (Wildman–Crippen LogP) is 5.32. The van der Waals surface area contributed by atoms with Gasteiger partial charge in [-0.25, -0.2) is 0 Å². The minimum atomic E-state index is 0.125. The van der Waals surface area contributed by atoms with E-state index in [9.17, 15) is 5.11 Å². The van der Waals surface area contributed by atoms with Crippen molar-refractivity contribution in [3.05, 3.63) is 55.9 Å². The second-order valence-electron chi connectivity index (χ2n) is 3.56. The molecule has 0 aliphatic heterocycles. The van der Waals surface area contributed by atoms with Gasteiger partial charge >= 0.3 is 0 Å². The van der Waals surface area contributed by atoms with Crippen molar-refractivity contribution in [2.45, 2.75) is 0 Å². The molecule has 2 aromatic carbocycles. The molecule has 0 aliphatic rings. The fourth-order valence-electron chi connectivity index (χ4n) is 1.36. The molecule has 2 aromatic rings. The van der Waals surface area contributed by atoms with E-state index in [1.807, 2.05) is 24.3 Å². The summed E-state index contributed by atoms with van der Waals surface area (Å²) in [4.78, 5) is 4.28. The summed E-state index contributed by atoms with van der Waals surface area (Å²) in [6.45, 7) is 0. The molecule has 0 saturated carbocycles. The van der Waals surface area contributed by atoms with E-state index >= 15 is 0 Å². The number of aliphatic imine (C=N–C) groups is 1. The largest absolute Gasteiger partial charge is 0.506 e. The van der Waals surface area contributed by atoms with Gasteiger partial charge in [0.05, 0.1) is 10.2 Å². The van der Waals surface area contributed by atoms with Crippen molar-refractivity contribution in [1.82, 2.24) is 0 Å². The molecule has 1 N–H and O–H groups in total. The highest BCUT2D eigenvalue weighted by Gasteiger charge is 2.05. The fraction of sp³-hybridized carbons (Fsp3) is 0. The molecule has 5 heteroatoms. The van der Waals surface area contributed by atoms with E-state index in [0.29, 0.717) is 15.1 Å². The number of aromatic hydroxyl groups is 1. The first-order valence-electron chi connectivity index (χ1n) is 5.04. The van der Waals surface area contributed by atoms with Gasteiger partial charge in [-0.05, 0) is 52.3 Å². The van der Waals surface area contributed by atoms with Crippen LogP contribution in [0.4, 0.5) is 5.69 Å². The average Bonchev–Trinajstić information content (AvgIpc) is 2.34. The zero-order valence-electron chi connectivity index (χ0n) is 9.07. The van der Waals surface area contributed by atoms with Crippen LogP contribution in [0.3, 0.4) is 0 Å². The van der Waals surface area contributed by atoms with Crippen LogP contribution in [0, 0.1) is 0 Å². The molecule has 0 atom stereocenters. The molecule has 92 valence electrons. The number of hydrogen-bond acceptors (Lipinski definition) is 2. The Balaban J connectivity index is 2.31. The van der Waals surface area contributed by atoms with Gasteiger partial charge in [-0.1, -0.05) is 27.5 Å². The maximum Gasteiger partial charge on any atom is 0.138 e. The Kier molecular flexibility index (Phi) is 4.43. The van der Waals surface area contributed by atoms with Crippen LogP contribution in [-0.4, -0.2) is 11.3 Å². The molecule has 0 bridgehead atoms. The number of benzene rings is 2. The van der Waals surface area contributed by atoms with Gasteiger partial charge in [-0.2, -0.15) is 0 Å². The van der Waals surface area contributed by atoms with Crippen molar-refractivity contribution in [3.63, 3.8) is 0 Å². The third-order valence-corrected chi connectivity index (χ3v) is 3.59. The van der Waals surface area contributed by atoms with Gasteiger partial charge in [0.1, 0.15) is 5.75 Å². The summed E-state index contributed by atoms with van der Waals surface area (Å²) in [6.07, 6.45) is 1.58. The molecule has 2 rings (SSSR count). The smallest absolute Gasteiger partial charge is 0.138 e. The molecule has 0 unspecified atom stereocenters. The van der Waals surface area contributed by atoms with Crippen molar-refractivity contribution in [2.24, 2.45) is 4.99 Å². The average molecular weight is 389 g/mol. The van der Waals surface area contributed by atoms with Crippen molar-refractivity contribution < 1.29 is 5.11 Å². The maximum atomic E-state index is 9.84. The highest BCUT2D eigenvalue weighted by Crippen LogP contribution is 2.30. The first kappa shape index (κ1) is 13.6. The Bertz CT molecular complexity index is 597. The number of nitrogens with zero attached hydrogens (tertiary/aromatic N) is 1. The van der Waals surface area contributed by atoms with Crippen molar-refractivity contribution in [1.29, 1.82) is 0 Å². The summed E-state index contributed by atoms with van der Waals surface area (Å²) in [7, 11) is 0. The molecule has 0 saturated heterocycles. The molecule has 0 spiro atoms. The minimum absolute atomic E-state index is 0.125. The van der Waals surface area contributed by atoms with E-state index in [-0.39, 0.29) is 5.75 Å². The van der Waals surface area contributed by atoms with Crippen molar-refractivity contribution in [2.75, 3.05) is 0 Å². The van der Waals surface area contributed by atoms with E-state index in [2.05, 4.69) is 36.9 Å². The number of halogens is 3. The normalized spacial score (nSPS) is 11.1. The first-order valence-corrected chi connectivity index (χ1v) is 7.00. The molecular formula is C13H8Br2ClNO. The first-order chi connectivity index (χ1) is 8.56. The summed E-state index contributed by atoms with van der Waals surface area (Å²) in [5.41, 5.74) is 1.37. The Morgan fingerprint density at radius 2 is 1.78 bits per heavy atom. The van der Waals surface area contributed by atoms with Crippen LogP contribution in [0.5, 0.6) is 5.75 Å². The number of phenolic OH excluding ortho intramolecular Hbond substituents is 1. The van der Waals surface area contributed by atoms with E-state index in [1.165, 1.54) is 0 Å². The third kappa shape index (κ3) is 3.34. The second-order valence-corrected chi connectivity index (χ2v) is 5.77. The van der Waals surface area contributed by atoms with E-state index in [0.717, 1.165) is 10.2 Å². The lowest BCUT2D eigenvalue weighted by molar-refractivity contribution is 0.471. The fourth-order valence-corrected chi connectivity index (χ4v) is 2.45. The summed E-state index contributed by atoms with van der Waals surface area (Å²) in [5.74, 6) is 0.125. The van der Waals surface area contributed by atoms with Crippen LogP contribution < -0.4 is 0 Å². The Morgan fingerprint density at radius 3 is 2.44 bits per heavy atom. The molecule has 2 nitrogen and oxygen atoms in total. The monoisotopic (exact) mass is 387 g/mol. The lowest BCUT2D eigenvalue weighted by Crippen LogP contribution is -1.84. The van der Waals surface area contributed by atoms with Crippen molar-refractivity contribution in [3.8, 4) is 5.75 Å². The van der Waals surface area contributed by atoms with Gasteiger partial charge in [-0.15, -0.1) is 0 Å². The van der Waals surface area contributed by atoms with Crippen LogP contribution in [0.25, 0.3) is 0 Å². The molecule has 0 fully saturated rings. The molecule has 0 aliphatic carbocycles. The molecule has 18 heavy (non-hydrogen) atoms. The van der Waals surface area contributed by atoms with E-state index in [4.69, 9.17) is 11.6 Å². The van der Waals surface area contributed by atoms with Gasteiger partial charge in [0.25, 0.3) is 0 Å². The topological polar surface area (TPSA) is 32.6 Å². The summed E-state index contributed by atoms with van der Waals surface area (Å²) in [6, 6.07) is 10.8. The van der Waals surface area contributed by atoms with Crippen LogP contribution in [0.15, 0.2) is 50.3 Å². The Morgan fingerprint density at radius 1 is 1.11 bits per heavy atom. The SMILES string of the molecule is Oc1c(Br)cc(Cl)cc1C=Nc1ccc(Br)cc1. The van der Waals surface area contributed by atoms with Crippen LogP contribution >= 0.6 is 43.5 Å². The minimum Gasteiger partial charge on any atom is -0.506 e. The summed E-state index contributed by atoms with van der Waals surface area (Å²) in [5, 5.41) is 10.4. The Hall–Kier alpha value is -0.840. The second kappa shape index (κ2) is 5.87. The quantitative estimate of drug-likeness (QED) is 0.693. The number of hydrogen-bond donors (Lipinski definition) is 1. The molecule has 0 amide bonds. The van der Waals surface area contributed by atoms with Crippen LogP contribution in [-0.2, 0) is 0 Å². The van der Waals surface area contributed by atoms with Gasteiger partial charge < -0.3 is 5.11 Å². The predicted molar refractivity (Wildman–Crippen MR) is 82.2 cm³/mol. The van der Waals surface area contributed by atoms with E-state index in [1.54, 1.807) is 18.3 Å². The van der Waals surface area contributed by atoms with Crippen LogP contribution in [0.1, 0.15) is 5.56 Å². The lowest BCUT2D eigenvalue weighted by atomic mass is 10.2. The summed E-state index contributed by atoms with van der Waals surface area (Å²) < 4.78 is 1.54. The third-order valence-electron chi connectivity index (χ3n) is 2.24. The van der Waals surface area contributed by atoms with Crippen LogP contribution in [0.2, 0.25) is 5.02 Å². The van der Waals surface area contributed by atoms with Crippen molar-refractivity contribution >= 4 is 55.4 Å². The molecule has 0 aromatic heterocycles. The molecule has 0 radical (unpaired) electrons. The van der Waals surface area contributed by atoms with Gasteiger partial charge in [0.15, 0.2) is 0 Å². The van der Waals surface area contributed by atoms with Gasteiger partial charge in [0.2, 0.25) is 0 Å². The number of rotatable bonds is 2. The molecular weight excluding hydrogens is 381 g/mol. The maximum absolute atomic E-state index is 9.84. The van der Waals surface area contributed by atoms with Gasteiger partial charge in [0, 0.05) is 21.3 Å². The highest BCUT2D eigenvalue weighted by atomic mass is 79.9. The Labute approximate surface area is 127 Å². The highest BCUT2D eigenvalue weighted by molar-refractivity contribution is 9.10. The lowest BCUT2D eigenvalue weighted by Gasteiger charge is -2.02. The number of phenols is 1. The molecule has 0 heterocycles.